The van der Waals surface area contributed by atoms with Crippen LogP contribution in [0, 0.1) is 0 Å². The number of benzene rings is 1. The van der Waals surface area contributed by atoms with E-state index >= 15 is 0 Å². The van der Waals surface area contributed by atoms with Gasteiger partial charge in [-0.2, -0.15) is 0 Å². The van der Waals surface area contributed by atoms with Crippen molar-refractivity contribution in [2.45, 2.75) is 38.7 Å². The molecule has 0 spiro atoms. The van der Waals surface area contributed by atoms with Gasteiger partial charge in [-0.1, -0.05) is 18.2 Å². The third-order valence-electron chi connectivity index (χ3n) is 4.20. The van der Waals surface area contributed by atoms with E-state index in [4.69, 9.17) is 9.47 Å². The normalized spacial score (nSPS) is 16.2. The van der Waals surface area contributed by atoms with Crippen molar-refractivity contribution in [2.24, 2.45) is 4.99 Å². The number of guanidine groups is 1. The Bertz CT molecular complexity index is 471. The molecule has 0 radical (unpaired) electrons. The SMILES string of the molecule is CCOCCCCNC(=NC)N1CCC(Oc2ccccc2)CC1. The van der Waals surface area contributed by atoms with Crippen LogP contribution in [0.5, 0.6) is 5.75 Å². The standard InChI is InChI=1S/C19H31N3O2/c1-3-23-16-8-7-13-21-19(20-2)22-14-11-18(12-15-22)24-17-9-5-4-6-10-17/h4-6,9-10,18H,3,7-8,11-16H2,1-2H3,(H,20,21). The summed E-state index contributed by atoms with van der Waals surface area (Å²) in [6.07, 6.45) is 4.55. The van der Waals surface area contributed by atoms with Gasteiger partial charge in [-0.15, -0.1) is 0 Å². The number of piperidine rings is 1. The third-order valence-corrected chi connectivity index (χ3v) is 4.20. The van der Waals surface area contributed by atoms with Gasteiger partial charge in [0.25, 0.3) is 0 Å². The Kier molecular flexibility index (Phi) is 8.46. The number of likely N-dealkylation sites (tertiary alicyclic amines) is 1. The molecule has 134 valence electrons. The average Bonchev–Trinajstić information content (AvgIpc) is 2.63. The van der Waals surface area contributed by atoms with Gasteiger partial charge >= 0.3 is 0 Å². The quantitative estimate of drug-likeness (QED) is 0.451. The average molecular weight is 333 g/mol. The van der Waals surface area contributed by atoms with Gasteiger partial charge in [-0.25, -0.2) is 0 Å². The molecule has 1 saturated heterocycles. The van der Waals surface area contributed by atoms with Crippen LogP contribution in [-0.2, 0) is 4.74 Å². The highest BCUT2D eigenvalue weighted by atomic mass is 16.5. The Labute approximate surface area is 146 Å². The lowest BCUT2D eigenvalue weighted by atomic mass is 10.1. The molecule has 5 nitrogen and oxygen atoms in total. The summed E-state index contributed by atoms with van der Waals surface area (Å²) in [5.74, 6) is 1.97. The van der Waals surface area contributed by atoms with Gasteiger partial charge in [0.2, 0.25) is 0 Å². The zero-order valence-electron chi connectivity index (χ0n) is 15.0. The largest absolute Gasteiger partial charge is 0.490 e. The first kappa shape index (κ1) is 18.6. The second-order valence-electron chi connectivity index (χ2n) is 6.00. The molecule has 24 heavy (non-hydrogen) atoms. The summed E-state index contributed by atoms with van der Waals surface area (Å²) in [5, 5.41) is 3.46. The summed E-state index contributed by atoms with van der Waals surface area (Å²) in [6, 6.07) is 10.1. The first-order valence-corrected chi connectivity index (χ1v) is 9.08. The van der Waals surface area contributed by atoms with E-state index in [1.54, 1.807) is 0 Å². The predicted octanol–water partition coefficient (Wildman–Crippen LogP) is 2.92. The highest BCUT2D eigenvalue weighted by molar-refractivity contribution is 5.79. The molecule has 1 heterocycles. The van der Waals surface area contributed by atoms with Crippen LogP contribution in [0.2, 0.25) is 0 Å². The molecule has 0 amide bonds. The van der Waals surface area contributed by atoms with E-state index in [0.717, 1.165) is 70.2 Å². The van der Waals surface area contributed by atoms with E-state index in [9.17, 15) is 0 Å². The zero-order valence-corrected chi connectivity index (χ0v) is 15.0. The second kappa shape index (κ2) is 10.9. The molecule has 1 fully saturated rings. The molecular formula is C19H31N3O2. The summed E-state index contributed by atoms with van der Waals surface area (Å²) < 4.78 is 11.4. The van der Waals surface area contributed by atoms with Crippen molar-refractivity contribution in [3.05, 3.63) is 30.3 Å². The molecule has 0 aromatic heterocycles. The van der Waals surface area contributed by atoms with E-state index in [-0.39, 0.29) is 0 Å². The number of para-hydroxylation sites is 1. The molecule has 1 aliphatic heterocycles. The van der Waals surface area contributed by atoms with Gasteiger partial charge in [-0.3, -0.25) is 4.99 Å². The smallest absolute Gasteiger partial charge is 0.193 e. The summed E-state index contributed by atoms with van der Waals surface area (Å²) in [7, 11) is 1.86. The summed E-state index contributed by atoms with van der Waals surface area (Å²) in [6.45, 7) is 6.59. The molecule has 1 aromatic rings. The molecule has 0 atom stereocenters. The molecule has 1 aliphatic rings. The monoisotopic (exact) mass is 333 g/mol. The fourth-order valence-corrected chi connectivity index (χ4v) is 2.88. The lowest BCUT2D eigenvalue weighted by Crippen LogP contribution is -2.47. The maximum atomic E-state index is 6.05. The van der Waals surface area contributed by atoms with Gasteiger partial charge in [0.1, 0.15) is 11.9 Å². The highest BCUT2D eigenvalue weighted by Crippen LogP contribution is 2.18. The van der Waals surface area contributed by atoms with Crippen LogP contribution in [0.15, 0.2) is 35.3 Å². The maximum Gasteiger partial charge on any atom is 0.193 e. The predicted molar refractivity (Wildman–Crippen MR) is 98.8 cm³/mol. The van der Waals surface area contributed by atoms with Crippen molar-refractivity contribution in [3.8, 4) is 5.75 Å². The summed E-state index contributed by atoms with van der Waals surface area (Å²) in [4.78, 5) is 6.74. The van der Waals surface area contributed by atoms with Crippen LogP contribution in [-0.4, -0.2) is 56.9 Å². The van der Waals surface area contributed by atoms with Gasteiger partial charge < -0.3 is 19.7 Å². The molecule has 2 rings (SSSR count). The fraction of sp³-hybridized carbons (Fsp3) is 0.632. The van der Waals surface area contributed by atoms with Gasteiger partial charge in [0.05, 0.1) is 0 Å². The van der Waals surface area contributed by atoms with Gasteiger partial charge in [0, 0.05) is 52.7 Å². The number of rotatable bonds is 8. The Balaban J connectivity index is 1.66. The number of hydrogen-bond acceptors (Lipinski definition) is 3. The van der Waals surface area contributed by atoms with E-state index in [0.29, 0.717) is 6.10 Å². The fourth-order valence-electron chi connectivity index (χ4n) is 2.88. The number of nitrogens with one attached hydrogen (secondary N) is 1. The molecule has 5 heteroatoms. The third kappa shape index (κ3) is 6.40. The van der Waals surface area contributed by atoms with E-state index in [2.05, 4.69) is 15.2 Å². The minimum absolute atomic E-state index is 0.299. The van der Waals surface area contributed by atoms with Crippen LogP contribution in [0.1, 0.15) is 32.6 Å². The Morgan fingerprint density at radius 3 is 2.62 bits per heavy atom. The minimum Gasteiger partial charge on any atom is -0.490 e. The maximum absolute atomic E-state index is 6.05. The number of unbranched alkanes of at least 4 members (excludes halogenated alkanes) is 1. The molecule has 1 N–H and O–H groups in total. The Hall–Kier alpha value is -1.75. The van der Waals surface area contributed by atoms with E-state index < -0.39 is 0 Å². The first-order valence-electron chi connectivity index (χ1n) is 9.08. The topological polar surface area (TPSA) is 46.1 Å². The first-order chi connectivity index (χ1) is 11.8. The lowest BCUT2D eigenvalue weighted by molar-refractivity contribution is 0.129. The second-order valence-corrected chi connectivity index (χ2v) is 6.00. The molecule has 1 aromatic carbocycles. The lowest BCUT2D eigenvalue weighted by Gasteiger charge is -2.34. The van der Waals surface area contributed by atoms with E-state index in [1.165, 1.54) is 0 Å². The zero-order chi connectivity index (χ0) is 17.0. The van der Waals surface area contributed by atoms with Gasteiger partial charge in [0.15, 0.2) is 5.96 Å². The van der Waals surface area contributed by atoms with E-state index in [1.807, 2.05) is 44.3 Å². The van der Waals surface area contributed by atoms with Crippen molar-refractivity contribution in [1.29, 1.82) is 0 Å². The number of hydrogen-bond donors (Lipinski definition) is 1. The van der Waals surface area contributed by atoms with Crippen molar-refractivity contribution < 1.29 is 9.47 Å². The molecule has 0 aliphatic carbocycles. The highest BCUT2D eigenvalue weighted by Gasteiger charge is 2.22. The summed E-state index contributed by atoms with van der Waals surface area (Å²) >= 11 is 0. The molecule has 0 bridgehead atoms. The Morgan fingerprint density at radius 2 is 1.96 bits per heavy atom. The van der Waals surface area contributed by atoms with Crippen molar-refractivity contribution in [1.82, 2.24) is 10.2 Å². The Morgan fingerprint density at radius 1 is 1.21 bits per heavy atom. The number of nitrogens with zero attached hydrogens (tertiary/aromatic N) is 2. The van der Waals surface area contributed by atoms with Gasteiger partial charge in [-0.05, 0) is 31.9 Å². The van der Waals surface area contributed by atoms with Crippen LogP contribution < -0.4 is 10.1 Å². The summed E-state index contributed by atoms with van der Waals surface area (Å²) in [5.41, 5.74) is 0. The van der Waals surface area contributed by atoms with Crippen molar-refractivity contribution in [2.75, 3.05) is 39.9 Å². The van der Waals surface area contributed by atoms with Crippen LogP contribution in [0.25, 0.3) is 0 Å². The molecular weight excluding hydrogens is 302 g/mol. The number of ether oxygens (including phenoxy) is 2. The van der Waals surface area contributed by atoms with Crippen molar-refractivity contribution in [3.63, 3.8) is 0 Å². The molecule has 0 unspecified atom stereocenters. The molecule has 0 saturated carbocycles. The van der Waals surface area contributed by atoms with Crippen LogP contribution >= 0.6 is 0 Å². The van der Waals surface area contributed by atoms with Crippen LogP contribution in [0.3, 0.4) is 0 Å². The minimum atomic E-state index is 0.299. The van der Waals surface area contributed by atoms with Crippen molar-refractivity contribution >= 4 is 5.96 Å². The van der Waals surface area contributed by atoms with Crippen LogP contribution in [0.4, 0.5) is 0 Å². The number of aliphatic imine (C=N–C) groups is 1.